The standard InChI is InChI=1S/C14H17N7/c1-20-6-11(5-19-20)4-10-2-3-21(7-10)14-12-13(16-8-15-12)17-9-18-14/h5-6,8-10H,2-4,7H2,1H3,(H,15,16,17,18). The van der Waals surface area contributed by atoms with Crippen molar-refractivity contribution >= 4 is 17.0 Å². The molecule has 4 heterocycles. The maximum atomic E-state index is 4.43. The van der Waals surface area contributed by atoms with Gasteiger partial charge in [-0.25, -0.2) is 15.0 Å². The molecule has 1 aliphatic rings. The third kappa shape index (κ3) is 2.24. The molecule has 1 fully saturated rings. The Morgan fingerprint density at radius 3 is 3.14 bits per heavy atom. The molecule has 0 spiro atoms. The topological polar surface area (TPSA) is 75.5 Å². The van der Waals surface area contributed by atoms with Crippen LogP contribution in [-0.4, -0.2) is 42.8 Å². The summed E-state index contributed by atoms with van der Waals surface area (Å²) in [5.41, 5.74) is 2.97. The van der Waals surface area contributed by atoms with Crippen LogP contribution < -0.4 is 4.90 Å². The fourth-order valence-electron chi connectivity index (χ4n) is 3.09. The lowest BCUT2D eigenvalue weighted by atomic mass is 10.0. The predicted molar refractivity (Wildman–Crippen MR) is 78.9 cm³/mol. The number of nitrogens with one attached hydrogen (secondary N) is 1. The van der Waals surface area contributed by atoms with Crippen molar-refractivity contribution in [1.82, 2.24) is 29.7 Å². The van der Waals surface area contributed by atoms with E-state index in [1.807, 2.05) is 17.9 Å². The summed E-state index contributed by atoms with van der Waals surface area (Å²) in [7, 11) is 1.96. The highest BCUT2D eigenvalue weighted by molar-refractivity contribution is 5.82. The number of nitrogens with zero attached hydrogens (tertiary/aromatic N) is 6. The molecule has 1 aliphatic heterocycles. The van der Waals surface area contributed by atoms with Gasteiger partial charge in [-0.15, -0.1) is 0 Å². The molecule has 0 aromatic carbocycles. The number of rotatable bonds is 3. The predicted octanol–water partition coefficient (Wildman–Crippen LogP) is 1.16. The molecule has 3 aromatic heterocycles. The summed E-state index contributed by atoms with van der Waals surface area (Å²) in [5, 5.41) is 4.24. The molecule has 0 saturated carbocycles. The van der Waals surface area contributed by atoms with Crippen LogP contribution in [0.5, 0.6) is 0 Å². The zero-order chi connectivity index (χ0) is 14.2. The van der Waals surface area contributed by atoms with E-state index in [0.29, 0.717) is 5.92 Å². The lowest BCUT2D eigenvalue weighted by Crippen LogP contribution is -2.21. The van der Waals surface area contributed by atoms with Gasteiger partial charge < -0.3 is 9.88 Å². The first-order chi connectivity index (χ1) is 10.3. The molecule has 3 aromatic rings. The van der Waals surface area contributed by atoms with Crippen molar-refractivity contribution in [2.75, 3.05) is 18.0 Å². The Morgan fingerprint density at radius 2 is 2.29 bits per heavy atom. The Labute approximate surface area is 122 Å². The Bertz CT molecular complexity index is 759. The number of hydrogen-bond acceptors (Lipinski definition) is 5. The lowest BCUT2D eigenvalue weighted by molar-refractivity contribution is 0.586. The van der Waals surface area contributed by atoms with Crippen molar-refractivity contribution in [3.8, 4) is 0 Å². The van der Waals surface area contributed by atoms with Crippen LogP contribution in [0.2, 0.25) is 0 Å². The van der Waals surface area contributed by atoms with Crippen LogP contribution in [0.25, 0.3) is 11.2 Å². The largest absolute Gasteiger partial charge is 0.354 e. The van der Waals surface area contributed by atoms with Gasteiger partial charge in [-0.3, -0.25) is 4.68 Å². The van der Waals surface area contributed by atoms with E-state index in [1.165, 1.54) is 12.0 Å². The molecule has 7 heteroatoms. The van der Waals surface area contributed by atoms with E-state index in [1.54, 1.807) is 12.7 Å². The number of anilines is 1. The number of H-pyrrole nitrogens is 1. The molecule has 7 nitrogen and oxygen atoms in total. The highest BCUT2D eigenvalue weighted by Crippen LogP contribution is 2.27. The van der Waals surface area contributed by atoms with Crippen LogP contribution in [0.15, 0.2) is 25.0 Å². The van der Waals surface area contributed by atoms with Gasteiger partial charge in [0.15, 0.2) is 11.5 Å². The third-order valence-electron chi connectivity index (χ3n) is 4.07. The lowest BCUT2D eigenvalue weighted by Gasteiger charge is -2.17. The molecule has 21 heavy (non-hydrogen) atoms. The monoisotopic (exact) mass is 283 g/mol. The SMILES string of the molecule is Cn1cc(CC2CCN(c3ncnc4nc[nH]c34)C2)cn1. The van der Waals surface area contributed by atoms with Gasteiger partial charge in [-0.05, 0) is 24.3 Å². The van der Waals surface area contributed by atoms with Gasteiger partial charge in [0.25, 0.3) is 0 Å². The second-order valence-electron chi connectivity index (χ2n) is 5.63. The molecule has 4 rings (SSSR count). The fourth-order valence-corrected chi connectivity index (χ4v) is 3.09. The quantitative estimate of drug-likeness (QED) is 0.780. The summed E-state index contributed by atoms with van der Waals surface area (Å²) in [6.45, 7) is 2.04. The average molecular weight is 283 g/mol. The third-order valence-corrected chi connectivity index (χ3v) is 4.07. The van der Waals surface area contributed by atoms with E-state index in [0.717, 1.165) is 36.5 Å². The molecule has 0 aliphatic carbocycles. The minimum Gasteiger partial charge on any atom is -0.354 e. The summed E-state index contributed by atoms with van der Waals surface area (Å²) in [6.07, 6.45) is 9.57. The Morgan fingerprint density at radius 1 is 1.33 bits per heavy atom. The first-order valence-electron chi connectivity index (χ1n) is 7.16. The van der Waals surface area contributed by atoms with Crippen molar-refractivity contribution < 1.29 is 0 Å². The van der Waals surface area contributed by atoms with E-state index in [-0.39, 0.29) is 0 Å². The highest BCUT2D eigenvalue weighted by Gasteiger charge is 2.25. The van der Waals surface area contributed by atoms with Crippen LogP contribution in [0, 0.1) is 5.92 Å². The van der Waals surface area contributed by atoms with E-state index in [2.05, 4.69) is 36.1 Å². The molecule has 1 saturated heterocycles. The van der Waals surface area contributed by atoms with E-state index < -0.39 is 0 Å². The van der Waals surface area contributed by atoms with Gasteiger partial charge in [-0.2, -0.15) is 5.10 Å². The number of hydrogen-bond donors (Lipinski definition) is 1. The minimum atomic E-state index is 0.641. The van der Waals surface area contributed by atoms with Crippen LogP contribution in [0.4, 0.5) is 5.82 Å². The summed E-state index contributed by atoms with van der Waals surface area (Å²) in [5.74, 6) is 1.60. The van der Waals surface area contributed by atoms with Crippen molar-refractivity contribution in [3.05, 3.63) is 30.6 Å². The highest BCUT2D eigenvalue weighted by atomic mass is 15.2. The van der Waals surface area contributed by atoms with Gasteiger partial charge in [-0.1, -0.05) is 0 Å². The molecular formula is C14H17N7. The zero-order valence-electron chi connectivity index (χ0n) is 11.9. The first-order valence-corrected chi connectivity index (χ1v) is 7.16. The normalized spacial score (nSPS) is 18.7. The molecule has 1 unspecified atom stereocenters. The van der Waals surface area contributed by atoms with Crippen LogP contribution in [0.3, 0.4) is 0 Å². The molecule has 108 valence electrons. The average Bonchev–Trinajstić information content (AvgIpc) is 3.19. The van der Waals surface area contributed by atoms with Gasteiger partial charge >= 0.3 is 0 Å². The molecule has 0 radical (unpaired) electrons. The Balaban J connectivity index is 1.52. The maximum absolute atomic E-state index is 4.43. The Kier molecular flexibility index (Phi) is 2.83. The molecule has 1 N–H and O–H groups in total. The van der Waals surface area contributed by atoms with Gasteiger partial charge in [0.05, 0.1) is 12.5 Å². The second kappa shape index (κ2) is 4.83. The van der Waals surface area contributed by atoms with Crippen molar-refractivity contribution in [2.24, 2.45) is 13.0 Å². The van der Waals surface area contributed by atoms with Crippen LogP contribution in [0.1, 0.15) is 12.0 Å². The van der Waals surface area contributed by atoms with Gasteiger partial charge in [0.2, 0.25) is 0 Å². The first kappa shape index (κ1) is 12.3. The molecule has 0 amide bonds. The van der Waals surface area contributed by atoms with Crippen LogP contribution >= 0.6 is 0 Å². The minimum absolute atomic E-state index is 0.641. The molecular weight excluding hydrogens is 266 g/mol. The van der Waals surface area contributed by atoms with E-state index >= 15 is 0 Å². The van der Waals surface area contributed by atoms with Crippen molar-refractivity contribution in [3.63, 3.8) is 0 Å². The maximum Gasteiger partial charge on any atom is 0.182 e. The summed E-state index contributed by atoms with van der Waals surface area (Å²) in [6, 6.07) is 0. The van der Waals surface area contributed by atoms with Gasteiger partial charge in [0, 0.05) is 26.3 Å². The summed E-state index contributed by atoms with van der Waals surface area (Å²) >= 11 is 0. The molecule has 1 atom stereocenters. The number of aryl methyl sites for hydroxylation is 1. The Hall–Kier alpha value is -2.44. The number of aromatic amines is 1. The fraction of sp³-hybridized carbons (Fsp3) is 0.429. The smallest absolute Gasteiger partial charge is 0.182 e. The number of aromatic nitrogens is 6. The van der Waals surface area contributed by atoms with Gasteiger partial charge in [0.1, 0.15) is 11.8 Å². The molecule has 0 bridgehead atoms. The number of fused-ring (bicyclic) bond motifs is 1. The van der Waals surface area contributed by atoms with Crippen molar-refractivity contribution in [1.29, 1.82) is 0 Å². The van der Waals surface area contributed by atoms with E-state index in [4.69, 9.17) is 0 Å². The second-order valence-corrected chi connectivity index (χ2v) is 5.63. The summed E-state index contributed by atoms with van der Waals surface area (Å²) in [4.78, 5) is 18.3. The number of imidazole rings is 1. The van der Waals surface area contributed by atoms with E-state index in [9.17, 15) is 0 Å². The zero-order valence-corrected chi connectivity index (χ0v) is 11.9. The van der Waals surface area contributed by atoms with Crippen molar-refractivity contribution in [2.45, 2.75) is 12.8 Å². The van der Waals surface area contributed by atoms with Crippen LogP contribution in [-0.2, 0) is 13.5 Å². The summed E-state index contributed by atoms with van der Waals surface area (Å²) < 4.78 is 1.86.